The molecule has 1 N–H and O–H groups in total. The summed E-state index contributed by atoms with van der Waals surface area (Å²) in [5, 5.41) is 2.80. The van der Waals surface area contributed by atoms with E-state index in [2.05, 4.69) is 5.32 Å². The zero-order chi connectivity index (χ0) is 17.5. The summed E-state index contributed by atoms with van der Waals surface area (Å²) in [4.78, 5) is 23.7. The third-order valence-corrected chi connectivity index (χ3v) is 4.43. The van der Waals surface area contributed by atoms with Gasteiger partial charge in [0.25, 0.3) is 0 Å². The third-order valence-electron chi connectivity index (χ3n) is 3.43. The summed E-state index contributed by atoms with van der Waals surface area (Å²) in [5.74, 6) is 0.0118. The van der Waals surface area contributed by atoms with Crippen LogP contribution in [-0.2, 0) is 15.3 Å². The highest BCUT2D eigenvalue weighted by Gasteiger charge is 2.13. The quantitative estimate of drug-likeness (QED) is 0.808. The number of benzene rings is 2. The number of nitrogens with one attached hydrogen (secondary N) is 1. The summed E-state index contributed by atoms with van der Waals surface area (Å²) < 4.78 is 17.5. The van der Waals surface area contributed by atoms with E-state index in [4.69, 9.17) is 4.74 Å². The number of carbonyl (C=O) groups excluding carboxylic acids is 2. The van der Waals surface area contributed by atoms with Crippen molar-refractivity contribution in [3.63, 3.8) is 0 Å². The fraction of sp³-hybridized carbons (Fsp3) is 0.222. The average Bonchev–Trinajstić information content (AvgIpc) is 2.58. The van der Waals surface area contributed by atoms with Crippen LogP contribution in [-0.4, -0.2) is 24.7 Å². The van der Waals surface area contributed by atoms with Crippen molar-refractivity contribution in [2.75, 3.05) is 18.2 Å². The van der Waals surface area contributed by atoms with E-state index in [-0.39, 0.29) is 17.5 Å². The molecule has 0 heterocycles. The van der Waals surface area contributed by atoms with Gasteiger partial charge in [0.15, 0.2) is 0 Å². The van der Waals surface area contributed by atoms with E-state index in [1.807, 2.05) is 0 Å². The number of carbonyl (C=O) groups is 2. The first-order chi connectivity index (χ1) is 11.5. The van der Waals surface area contributed by atoms with E-state index < -0.39 is 5.97 Å². The molecule has 0 saturated heterocycles. The van der Waals surface area contributed by atoms with Crippen LogP contribution in [0.2, 0.25) is 0 Å². The predicted octanol–water partition coefficient (Wildman–Crippen LogP) is 3.79. The van der Waals surface area contributed by atoms with E-state index in [9.17, 15) is 14.0 Å². The molecule has 0 bridgehead atoms. The van der Waals surface area contributed by atoms with E-state index in [0.717, 1.165) is 5.56 Å². The molecule has 0 radical (unpaired) electrons. The van der Waals surface area contributed by atoms with Crippen molar-refractivity contribution in [3.8, 4) is 0 Å². The molecule has 1 amide bonds. The molecule has 6 heteroatoms. The lowest BCUT2D eigenvalue weighted by molar-refractivity contribution is -0.113. The summed E-state index contributed by atoms with van der Waals surface area (Å²) >= 11 is 1.43. The number of amides is 1. The standard InChI is InChI=1S/C18H18FNO3S/c1-12-15(18(22)23-2)4-3-5-16(12)20-17(21)11-24-10-13-6-8-14(19)9-7-13/h3-9H,10-11H2,1-2H3,(H,20,21). The van der Waals surface area contributed by atoms with Crippen LogP contribution in [0.4, 0.5) is 10.1 Å². The Kier molecular flexibility index (Phi) is 6.37. The van der Waals surface area contributed by atoms with Crippen LogP contribution < -0.4 is 5.32 Å². The summed E-state index contributed by atoms with van der Waals surface area (Å²) in [7, 11) is 1.32. The summed E-state index contributed by atoms with van der Waals surface area (Å²) in [6.07, 6.45) is 0. The van der Waals surface area contributed by atoms with Crippen molar-refractivity contribution < 1.29 is 18.7 Å². The summed E-state index contributed by atoms with van der Waals surface area (Å²) in [6.45, 7) is 1.76. The van der Waals surface area contributed by atoms with Crippen LogP contribution in [0.25, 0.3) is 0 Å². The lowest BCUT2D eigenvalue weighted by atomic mass is 10.1. The highest BCUT2D eigenvalue weighted by atomic mass is 32.2. The van der Waals surface area contributed by atoms with Crippen LogP contribution in [0.3, 0.4) is 0 Å². The smallest absolute Gasteiger partial charge is 0.338 e. The molecule has 4 nitrogen and oxygen atoms in total. The second-order valence-electron chi connectivity index (χ2n) is 5.14. The first kappa shape index (κ1) is 18.0. The Bertz CT molecular complexity index is 732. The second-order valence-corrected chi connectivity index (χ2v) is 6.12. The van der Waals surface area contributed by atoms with Gasteiger partial charge in [-0.2, -0.15) is 0 Å². The van der Waals surface area contributed by atoms with Crippen molar-refractivity contribution in [3.05, 3.63) is 65.0 Å². The minimum Gasteiger partial charge on any atom is -0.465 e. The Balaban J connectivity index is 1.90. The van der Waals surface area contributed by atoms with Gasteiger partial charge < -0.3 is 10.1 Å². The van der Waals surface area contributed by atoms with Crippen LogP contribution in [0, 0.1) is 12.7 Å². The van der Waals surface area contributed by atoms with E-state index in [1.54, 1.807) is 37.3 Å². The van der Waals surface area contributed by atoms with E-state index in [1.165, 1.54) is 31.0 Å². The Morgan fingerprint density at radius 2 is 1.88 bits per heavy atom. The number of hydrogen-bond acceptors (Lipinski definition) is 4. The number of thioether (sulfide) groups is 1. The van der Waals surface area contributed by atoms with Gasteiger partial charge in [0, 0.05) is 11.4 Å². The molecule has 0 spiro atoms. The van der Waals surface area contributed by atoms with Crippen LogP contribution in [0.1, 0.15) is 21.5 Å². The van der Waals surface area contributed by atoms with Crippen molar-refractivity contribution in [1.29, 1.82) is 0 Å². The van der Waals surface area contributed by atoms with Gasteiger partial charge in [-0.25, -0.2) is 9.18 Å². The Morgan fingerprint density at radius 3 is 2.54 bits per heavy atom. The molecule has 126 valence electrons. The normalized spacial score (nSPS) is 10.3. The first-order valence-electron chi connectivity index (χ1n) is 7.31. The lowest BCUT2D eigenvalue weighted by Gasteiger charge is -2.11. The number of halogens is 1. The average molecular weight is 347 g/mol. The van der Waals surface area contributed by atoms with Gasteiger partial charge in [-0.1, -0.05) is 18.2 Å². The number of esters is 1. The number of rotatable bonds is 6. The highest BCUT2D eigenvalue weighted by molar-refractivity contribution is 7.99. The fourth-order valence-electron chi connectivity index (χ4n) is 2.13. The second kappa shape index (κ2) is 8.49. The number of anilines is 1. The number of ether oxygens (including phenoxy) is 1. The molecule has 0 aliphatic carbocycles. The van der Waals surface area contributed by atoms with Gasteiger partial charge in [-0.15, -0.1) is 11.8 Å². The molecular formula is C18H18FNO3S. The SMILES string of the molecule is COC(=O)c1cccc(NC(=O)CSCc2ccc(F)cc2)c1C. The minimum absolute atomic E-state index is 0.160. The van der Waals surface area contributed by atoms with Crippen molar-refractivity contribution in [1.82, 2.24) is 0 Å². The number of methoxy groups -OCH3 is 1. The molecular weight excluding hydrogens is 329 g/mol. The largest absolute Gasteiger partial charge is 0.465 e. The van der Waals surface area contributed by atoms with E-state index >= 15 is 0 Å². The molecule has 0 saturated carbocycles. The maximum atomic E-state index is 12.8. The Labute approximate surface area is 144 Å². The van der Waals surface area contributed by atoms with Crippen molar-refractivity contribution >= 4 is 29.3 Å². The summed E-state index contributed by atoms with van der Waals surface area (Å²) in [6, 6.07) is 11.3. The van der Waals surface area contributed by atoms with Gasteiger partial charge in [-0.3, -0.25) is 4.79 Å². The van der Waals surface area contributed by atoms with Gasteiger partial charge in [0.2, 0.25) is 5.91 Å². The maximum Gasteiger partial charge on any atom is 0.338 e. The zero-order valence-electron chi connectivity index (χ0n) is 13.5. The van der Waals surface area contributed by atoms with Gasteiger partial charge >= 0.3 is 5.97 Å². The van der Waals surface area contributed by atoms with Crippen LogP contribution in [0.5, 0.6) is 0 Å². The summed E-state index contributed by atoms with van der Waals surface area (Å²) in [5.41, 5.74) is 2.64. The molecule has 0 unspecified atom stereocenters. The Morgan fingerprint density at radius 1 is 1.17 bits per heavy atom. The molecule has 0 aliphatic rings. The first-order valence-corrected chi connectivity index (χ1v) is 8.46. The van der Waals surface area contributed by atoms with Crippen molar-refractivity contribution in [2.45, 2.75) is 12.7 Å². The minimum atomic E-state index is -0.436. The molecule has 0 aliphatic heterocycles. The van der Waals surface area contributed by atoms with Crippen LogP contribution in [0.15, 0.2) is 42.5 Å². The van der Waals surface area contributed by atoms with Crippen LogP contribution >= 0.6 is 11.8 Å². The fourth-order valence-corrected chi connectivity index (χ4v) is 2.92. The molecule has 0 fully saturated rings. The monoisotopic (exact) mass is 347 g/mol. The molecule has 0 aromatic heterocycles. The predicted molar refractivity (Wildman–Crippen MR) is 93.7 cm³/mol. The molecule has 2 aromatic rings. The van der Waals surface area contributed by atoms with Gasteiger partial charge in [0.1, 0.15) is 5.82 Å². The molecule has 2 rings (SSSR count). The molecule has 0 atom stereocenters. The molecule has 24 heavy (non-hydrogen) atoms. The van der Waals surface area contributed by atoms with E-state index in [0.29, 0.717) is 22.6 Å². The van der Waals surface area contributed by atoms with Crippen molar-refractivity contribution in [2.24, 2.45) is 0 Å². The van der Waals surface area contributed by atoms with Gasteiger partial charge in [0.05, 0.1) is 18.4 Å². The zero-order valence-corrected chi connectivity index (χ0v) is 14.3. The topological polar surface area (TPSA) is 55.4 Å². The lowest BCUT2D eigenvalue weighted by Crippen LogP contribution is -2.16. The highest BCUT2D eigenvalue weighted by Crippen LogP contribution is 2.20. The Hall–Kier alpha value is -2.34. The number of hydrogen-bond donors (Lipinski definition) is 1. The van der Waals surface area contributed by atoms with Gasteiger partial charge in [-0.05, 0) is 42.3 Å². The third kappa shape index (κ3) is 4.83. The maximum absolute atomic E-state index is 12.8. The molecule has 2 aromatic carbocycles.